The maximum atomic E-state index is 12.8. The zero-order chi connectivity index (χ0) is 22.4. The molecule has 0 unspecified atom stereocenters. The van der Waals surface area contributed by atoms with Crippen LogP contribution in [0.2, 0.25) is 0 Å². The first kappa shape index (κ1) is 22.5. The van der Waals surface area contributed by atoms with Gasteiger partial charge in [0.25, 0.3) is 5.91 Å². The molecule has 3 aromatic rings. The molecule has 0 saturated carbocycles. The summed E-state index contributed by atoms with van der Waals surface area (Å²) in [5.74, 6) is -1.14. The minimum atomic E-state index is -3.70. The Hall–Kier alpha value is -3.23. The van der Waals surface area contributed by atoms with Crippen LogP contribution in [0.25, 0.3) is 10.8 Å². The largest absolute Gasteiger partial charge is 0.452 e. The number of amides is 1. The average Bonchev–Trinajstić information content (AvgIpc) is 2.78. The topological polar surface area (TPSA) is 92.8 Å². The van der Waals surface area contributed by atoms with Gasteiger partial charge in [-0.15, -0.1) is 0 Å². The molecule has 162 valence electrons. The normalized spacial score (nSPS) is 11.3. The standard InChI is InChI=1S/C23H24N2O5S/c1-3-24-31(28,29)19-12-7-11-18(15-19)23(27)30-16-22(26)25(4-2)21-14-8-10-17-9-5-6-13-20(17)21/h5-15,24H,3-4,16H2,1-2H3. The molecular weight excluding hydrogens is 416 g/mol. The van der Waals surface area contributed by atoms with E-state index in [0.717, 1.165) is 16.5 Å². The molecule has 0 saturated heterocycles. The number of rotatable bonds is 8. The summed E-state index contributed by atoms with van der Waals surface area (Å²) >= 11 is 0. The van der Waals surface area contributed by atoms with E-state index in [1.165, 1.54) is 24.3 Å². The summed E-state index contributed by atoms with van der Waals surface area (Å²) < 4.78 is 31.8. The molecule has 0 radical (unpaired) electrons. The van der Waals surface area contributed by atoms with E-state index in [0.29, 0.717) is 6.54 Å². The molecule has 1 amide bonds. The number of carbonyl (C=O) groups excluding carboxylic acids is 2. The number of anilines is 1. The molecule has 8 heteroatoms. The molecule has 0 heterocycles. The third kappa shape index (κ3) is 5.10. The van der Waals surface area contributed by atoms with Crippen molar-refractivity contribution in [3.8, 4) is 0 Å². The fourth-order valence-corrected chi connectivity index (χ4v) is 4.36. The Bertz CT molecular complexity index is 1200. The number of benzene rings is 3. The zero-order valence-electron chi connectivity index (χ0n) is 17.4. The quantitative estimate of drug-likeness (QED) is 0.542. The van der Waals surface area contributed by atoms with Gasteiger partial charge in [0.05, 0.1) is 16.1 Å². The molecule has 0 aromatic heterocycles. The lowest BCUT2D eigenvalue weighted by molar-refractivity contribution is -0.121. The molecule has 3 aromatic carbocycles. The van der Waals surface area contributed by atoms with Crippen LogP contribution in [0, 0.1) is 0 Å². The van der Waals surface area contributed by atoms with Crippen molar-refractivity contribution in [3.63, 3.8) is 0 Å². The molecular formula is C23H24N2O5S. The van der Waals surface area contributed by atoms with Crippen LogP contribution >= 0.6 is 0 Å². The van der Waals surface area contributed by atoms with Gasteiger partial charge >= 0.3 is 5.97 Å². The maximum absolute atomic E-state index is 12.8. The summed E-state index contributed by atoms with van der Waals surface area (Å²) in [5.41, 5.74) is 0.792. The Morgan fingerprint density at radius 1 is 0.968 bits per heavy atom. The second kappa shape index (κ2) is 9.72. The number of hydrogen-bond donors (Lipinski definition) is 1. The van der Waals surface area contributed by atoms with Gasteiger partial charge in [0.15, 0.2) is 6.61 Å². The summed E-state index contributed by atoms with van der Waals surface area (Å²) in [7, 11) is -3.70. The van der Waals surface area contributed by atoms with E-state index in [2.05, 4.69) is 4.72 Å². The van der Waals surface area contributed by atoms with Gasteiger partial charge in [0.2, 0.25) is 10.0 Å². The van der Waals surface area contributed by atoms with Gasteiger partial charge in [-0.05, 0) is 36.6 Å². The van der Waals surface area contributed by atoms with Gasteiger partial charge in [-0.1, -0.05) is 49.4 Å². The molecule has 7 nitrogen and oxygen atoms in total. The fraction of sp³-hybridized carbons (Fsp3) is 0.217. The van der Waals surface area contributed by atoms with E-state index in [9.17, 15) is 18.0 Å². The summed E-state index contributed by atoms with van der Waals surface area (Å²) in [6, 6.07) is 18.9. The van der Waals surface area contributed by atoms with Crippen molar-refractivity contribution in [2.75, 3.05) is 24.6 Å². The van der Waals surface area contributed by atoms with Crippen LogP contribution in [-0.4, -0.2) is 40.0 Å². The average molecular weight is 441 g/mol. The van der Waals surface area contributed by atoms with Crippen molar-refractivity contribution in [2.24, 2.45) is 0 Å². The highest BCUT2D eigenvalue weighted by Gasteiger charge is 2.20. The maximum Gasteiger partial charge on any atom is 0.338 e. The molecule has 0 aliphatic rings. The van der Waals surface area contributed by atoms with Crippen molar-refractivity contribution >= 4 is 38.4 Å². The van der Waals surface area contributed by atoms with E-state index in [4.69, 9.17) is 4.74 Å². The Balaban J connectivity index is 1.74. The molecule has 0 aliphatic heterocycles. The van der Waals surface area contributed by atoms with Crippen LogP contribution in [0.3, 0.4) is 0 Å². The molecule has 0 fully saturated rings. The number of nitrogens with zero attached hydrogens (tertiary/aromatic N) is 1. The Kier molecular flexibility index (Phi) is 7.04. The summed E-state index contributed by atoms with van der Waals surface area (Å²) in [4.78, 5) is 26.8. The van der Waals surface area contributed by atoms with Crippen LogP contribution in [0.4, 0.5) is 5.69 Å². The number of ether oxygens (including phenoxy) is 1. The van der Waals surface area contributed by atoms with Gasteiger partial charge in [-0.3, -0.25) is 4.79 Å². The summed E-state index contributed by atoms with van der Waals surface area (Å²) in [6.07, 6.45) is 0. The molecule has 0 bridgehead atoms. The van der Waals surface area contributed by atoms with Crippen LogP contribution in [0.15, 0.2) is 71.6 Å². The fourth-order valence-electron chi connectivity index (χ4n) is 3.28. The van der Waals surface area contributed by atoms with Crippen molar-refractivity contribution in [2.45, 2.75) is 18.7 Å². The number of fused-ring (bicyclic) bond motifs is 1. The highest BCUT2D eigenvalue weighted by molar-refractivity contribution is 7.89. The number of hydrogen-bond acceptors (Lipinski definition) is 5. The smallest absolute Gasteiger partial charge is 0.338 e. The molecule has 31 heavy (non-hydrogen) atoms. The lowest BCUT2D eigenvalue weighted by atomic mass is 10.1. The number of carbonyl (C=O) groups is 2. The number of esters is 1. The first-order valence-electron chi connectivity index (χ1n) is 9.92. The number of sulfonamides is 1. The van der Waals surface area contributed by atoms with Gasteiger partial charge in [0.1, 0.15) is 0 Å². The van der Waals surface area contributed by atoms with Gasteiger partial charge < -0.3 is 9.64 Å². The predicted molar refractivity (Wildman–Crippen MR) is 120 cm³/mol. The second-order valence-electron chi connectivity index (χ2n) is 6.74. The van der Waals surface area contributed by atoms with Crippen LogP contribution < -0.4 is 9.62 Å². The lowest BCUT2D eigenvalue weighted by Crippen LogP contribution is -2.34. The van der Waals surface area contributed by atoms with Gasteiger partial charge in [0, 0.05) is 18.5 Å². The Morgan fingerprint density at radius 3 is 2.42 bits per heavy atom. The summed E-state index contributed by atoms with van der Waals surface area (Å²) in [6.45, 7) is 3.68. The lowest BCUT2D eigenvalue weighted by Gasteiger charge is -2.22. The third-order valence-corrected chi connectivity index (χ3v) is 6.26. The Morgan fingerprint density at radius 2 is 1.68 bits per heavy atom. The minimum absolute atomic E-state index is 0.0407. The van der Waals surface area contributed by atoms with E-state index in [1.54, 1.807) is 11.8 Å². The molecule has 0 spiro atoms. The second-order valence-corrected chi connectivity index (χ2v) is 8.51. The van der Waals surface area contributed by atoms with Crippen molar-refractivity contribution in [3.05, 3.63) is 72.3 Å². The molecule has 0 atom stereocenters. The molecule has 1 N–H and O–H groups in total. The van der Waals surface area contributed by atoms with Crippen LogP contribution in [-0.2, 0) is 19.6 Å². The molecule has 0 aliphatic carbocycles. The van der Waals surface area contributed by atoms with Crippen molar-refractivity contribution in [1.29, 1.82) is 0 Å². The highest BCUT2D eigenvalue weighted by Crippen LogP contribution is 2.26. The van der Waals surface area contributed by atoms with Gasteiger partial charge in [-0.2, -0.15) is 0 Å². The van der Waals surface area contributed by atoms with Crippen molar-refractivity contribution in [1.82, 2.24) is 4.72 Å². The number of likely N-dealkylation sites (N-methyl/N-ethyl adjacent to an activating group) is 1. The highest BCUT2D eigenvalue weighted by atomic mass is 32.2. The predicted octanol–water partition coefficient (Wildman–Crippen LogP) is 3.35. The SMILES string of the molecule is CCNS(=O)(=O)c1cccc(C(=O)OCC(=O)N(CC)c2cccc3ccccc23)c1. The van der Waals surface area contributed by atoms with Crippen LogP contribution in [0.1, 0.15) is 24.2 Å². The molecule has 3 rings (SSSR count). The van der Waals surface area contributed by atoms with E-state index in [1.807, 2.05) is 49.4 Å². The third-order valence-electron chi connectivity index (χ3n) is 4.72. The number of nitrogens with one attached hydrogen (secondary N) is 1. The monoisotopic (exact) mass is 440 g/mol. The van der Waals surface area contributed by atoms with Crippen molar-refractivity contribution < 1.29 is 22.7 Å². The summed E-state index contributed by atoms with van der Waals surface area (Å²) in [5, 5.41) is 1.93. The van der Waals surface area contributed by atoms with E-state index >= 15 is 0 Å². The van der Waals surface area contributed by atoms with E-state index in [-0.39, 0.29) is 22.9 Å². The van der Waals surface area contributed by atoms with Crippen LogP contribution in [0.5, 0.6) is 0 Å². The minimum Gasteiger partial charge on any atom is -0.452 e. The van der Waals surface area contributed by atoms with Gasteiger partial charge in [-0.25, -0.2) is 17.9 Å². The first-order chi connectivity index (χ1) is 14.9. The zero-order valence-corrected chi connectivity index (χ0v) is 18.2. The Labute approximate surface area is 181 Å². The first-order valence-corrected chi connectivity index (χ1v) is 11.4. The van der Waals surface area contributed by atoms with E-state index < -0.39 is 22.6 Å².